The van der Waals surface area contributed by atoms with Gasteiger partial charge in [-0.25, -0.2) is 0 Å². The van der Waals surface area contributed by atoms with Gasteiger partial charge in [-0.2, -0.15) is 0 Å². The first-order chi connectivity index (χ1) is 7.42. The van der Waals surface area contributed by atoms with Gasteiger partial charge in [0.1, 0.15) is 0 Å². The molecule has 0 bridgehead atoms. The van der Waals surface area contributed by atoms with Crippen molar-refractivity contribution in [3.8, 4) is 0 Å². The van der Waals surface area contributed by atoms with Gasteiger partial charge in [0.05, 0.1) is 0 Å². The predicted molar refractivity (Wildman–Crippen MR) is 61.7 cm³/mol. The Labute approximate surface area is 91.5 Å². The average molecular weight is 201 g/mol. The molecule has 1 aromatic rings. The second-order valence-electron chi connectivity index (χ2n) is 4.35. The third-order valence-corrected chi connectivity index (χ3v) is 3.36. The molecule has 0 aromatic heterocycles. The van der Waals surface area contributed by atoms with Gasteiger partial charge in [-0.05, 0) is 29.9 Å². The highest BCUT2D eigenvalue weighted by atomic mass is 16.1. The first-order valence-corrected chi connectivity index (χ1v) is 5.84. The summed E-state index contributed by atoms with van der Waals surface area (Å²) >= 11 is 0. The summed E-state index contributed by atoms with van der Waals surface area (Å²) in [6.45, 7) is 0. The summed E-state index contributed by atoms with van der Waals surface area (Å²) in [5, 5.41) is 0. The van der Waals surface area contributed by atoms with Gasteiger partial charge in [-0.1, -0.05) is 43.5 Å². The van der Waals surface area contributed by atoms with Crippen LogP contribution in [-0.2, 0) is 11.2 Å². The second kappa shape index (κ2) is 5.11. The fourth-order valence-electron chi connectivity index (χ4n) is 2.58. The van der Waals surface area contributed by atoms with E-state index in [2.05, 4.69) is 18.2 Å². The van der Waals surface area contributed by atoms with E-state index in [9.17, 15) is 4.79 Å². The maximum Gasteiger partial charge on any atom is 0.203 e. The quantitative estimate of drug-likeness (QED) is 0.732. The van der Waals surface area contributed by atoms with Gasteiger partial charge in [0.2, 0.25) is 6.29 Å². The van der Waals surface area contributed by atoms with Crippen LogP contribution in [0.25, 0.3) is 0 Å². The largest absolute Gasteiger partial charge is 0.291 e. The molecule has 15 heavy (non-hydrogen) atoms. The summed E-state index contributed by atoms with van der Waals surface area (Å²) in [5.74, 6) is 0.684. The van der Waals surface area contributed by atoms with E-state index in [1.807, 2.05) is 12.4 Å². The van der Waals surface area contributed by atoms with E-state index < -0.39 is 0 Å². The summed E-state index contributed by atoms with van der Waals surface area (Å²) < 4.78 is 0. The number of hydrogen-bond acceptors (Lipinski definition) is 1. The monoisotopic (exact) mass is 201 g/mol. The topological polar surface area (TPSA) is 17.1 Å². The van der Waals surface area contributed by atoms with E-state index in [1.54, 1.807) is 0 Å². The van der Waals surface area contributed by atoms with Crippen LogP contribution in [0.5, 0.6) is 0 Å². The molecule has 0 spiro atoms. The molecule has 0 saturated heterocycles. The Kier molecular flexibility index (Phi) is 3.54. The number of hydrogen-bond donors (Lipinski definition) is 0. The van der Waals surface area contributed by atoms with Gasteiger partial charge < -0.3 is 0 Å². The van der Waals surface area contributed by atoms with Crippen molar-refractivity contribution < 1.29 is 4.79 Å². The molecule has 1 saturated carbocycles. The van der Waals surface area contributed by atoms with Crippen LogP contribution >= 0.6 is 0 Å². The van der Waals surface area contributed by atoms with Gasteiger partial charge in [-0.15, -0.1) is 0 Å². The second-order valence-corrected chi connectivity index (χ2v) is 4.35. The minimum absolute atomic E-state index is 0.451. The summed E-state index contributed by atoms with van der Waals surface area (Å²) in [6.07, 6.45) is 9.09. The van der Waals surface area contributed by atoms with Crippen LogP contribution in [0.1, 0.15) is 49.1 Å². The molecule has 2 rings (SSSR count). The lowest BCUT2D eigenvalue weighted by Crippen LogP contribution is -2.07. The molecule has 1 heteroatoms. The van der Waals surface area contributed by atoms with Crippen molar-refractivity contribution in [2.45, 2.75) is 44.4 Å². The van der Waals surface area contributed by atoms with E-state index in [0.717, 1.165) is 0 Å². The lowest BCUT2D eigenvalue weighted by atomic mass is 9.82. The Hall–Kier alpha value is -1.11. The predicted octanol–water partition coefficient (Wildman–Crippen LogP) is 3.39. The standard InChI is InChI=1S/C14H17O/c15-11-10-13-8-4-5-9-14(13)12-6-2-1-3-7-12/h4-5,8-9,12H,1-3,6-7,10H2. The maximum absolute atomic E-state index is 10.5. The van der Waals surface area contributed by atoms with E-state index in [1.165, 1.54) is 43.2 Å². The van der Waals surface area contributed by atoms with Crippen molar-refractivity contribution in [2.24, 2.45) is 0 Å². The fourth-order valence-corrected chi connectivity index (χ4v) is 2.58. The number of benzene rings is 1. The minimum atomic E-state index is 0.451. The Balaban J connectivity index is 2.20. The molecule has 0 heterocycles. The zero-order valence-electron chi connectivity index (χ0n) is 9.04. The van der Waals surface area contributed by atoms with Crippen LogP contribution in [0, 0.1) is 0 Å². The average Bonchev–Trinajstić information content (AvgIpc) is 2.31. The van der Waals surface area contributed by atoms with Crippen LogP contribution in [0.4, 0.5) is 0 Å². The van der Waals surface area contributed by atoms with Gasteiger partial charge in [0, 0.05) is 6.42 Å². The van der Waals surface area contributed by atoms with E-state index in [4.69, 9.17) is 0 Å². The summed E-state index contributed by atoms with van der Waals surface area (Å²) in [6, 6.07) is 8.34. The molecule has 79 valence electrons. The van der Waals surface area contributed by atoms with Crippen molar-refractivity contribution in [3.05, 3.63) is 35.4 Å². The molecule has 1 aromatic carbocycles. The Morgan fingerprint density at radius 1 is 1.13 bits per heavy atom. The third kappa shape index (κ3) is 2.47. The van der Waals surface area contributed by atoms with Crippen molar-refractivity contribution in [3.63, 3.8) is 0 Å². The SMILES string of the molecule is O=[C]Cc1ccccc1C1CCCCC1. The molecule has 1 radical (unpaired) electrons. The summed E-state index contributed by atoms with van der Waals surface area (Å²) in [7, 11) is 0. The smallest absolute Gasteiger partial charge is 0.203 e. The highest BCUT2D eigenvalue weighted by Gasteiger charge is 2.17. The van der Waals surface area contributed by atoms with Crippen molar-refractivity contribution in [2.75, 3.05) is 0 Å². The molecule has 0 unspecified atom stereocenters. The molecule has 0 aliphatic heterocycles. The van der Waals surface area contributed by atoms with Crippen molar-refractivity contribution >= 4 is 6.29 Å². The molecule has 0 atom stereocenters. The van der Waals surface area contributed by atoms with Crippen LogP contribution in [0.3, 0.4) is 0 Å². The Morgan fingerprint density at radius 3 is 2.60 bits per heavy atom. The van der Waals surface area contributed by atoms with Gasteiger partial charge >= 0.3 is 0 Å². The molecule has 0 N–H and O–H groups in total. The van der Waals surface area contributed by atoms with Crippen LogP contribution < -0.4 is 0 Å². The van der Waals surface area contributed by atoms with Gasteiger partial charge in [0.15, 0.2) is 0 Å². The molecule has 1 aliphatic rings. The molecular weight excluding hydrogens is 184 g/mol. The first kappa shape index (κ1) is 10.4. The Bertz CT molecular complexity index is 324. The van der Waals surface area contributed by atoms with Crippen LogP contribution in [0.15, 0.2) is 24.3 Å². The van der Waals surface area contributed by atoms with Gasteiger partial charge in [0.25, 0.3) is 0 Å². The third-order valence-electron chi connectivity index (χ3n) is 3.36. The van der Waals surface area contributed by atoms with Crippen molar-refractivity contribution in [1.29, 1.82) is 0 Å². The molecular formula is C14H17O. The molecule has 1 fully saturated rings. The first-order valence-electron chi connectivity index (χ1n) is 5.84. The number of carbonyl (C=O) groups excluding carboxylic acids is 1. The highest BCUT2D eigenvalue weighted by molar-refractivity contribution is 5.57. The Morgan fingerprint density at radius 2 is 1.87 bits per heavy atom. The van der Waals surface area contributed by atoms with E-state index >= 15 is 0 Å². The zero-order valence-corrected chi connectivity index (χ0v) is 9.04. The molecule has 0 amide bonds. The lowest BCUT2D eigenvalue weighted by molar-refractivity contribution is 0.442. The normalized spacial score (nSPS) is 17.6. The minimum Gasteiger partial charge on any atom is -0.291 e. The summed E-state index contributed by atoms with van der Waals surface area (Å²) in [5.41, 5.74) is 2.57. The van der Waals surface area contributed by atoms with Crippen molar-refractivity contribution in [1.82, 2.24) is 0 Å². The van der Waals surface area contributed by atoms with E-state index in [0.29, 0.717) is 12.3 Å². The van der Waals surface area contributed by atoms with Crippen LogP contribution in [-0.4, -0.2) is 6.29 Å². The summed E-state index contributed by atoms with van der Waals surface area (Å²) in [4.78, 5) is 10.5. The number of rotatable bonds is 3. The van der Waals surface area contributed by atoms with Gasteiger partial charge in [-0.3, -0.25) is 4.79 Å². The fraction of sp³-hybridized carbons (Fsp3) is 0.500. The molecule has 1 nitrogen and oxygen atoms in total. The maximum atomic E-state index is 10.5. The lowest BCUT2D eigenvalue weighted by Gasteiger charge is -2.23. The van der Waals surface area contributed by atoms with Crippen LogP contribution in [0.2, 0.25) is 0 Å². The highest BCUT2D eigenvalue weighted by Crippen LogP contribution is 2.34. The zero-order chi connectivity index (χ0) is 10.5. The van der Waals surface area contributed by atoms with E-state index in [-0.39, 0.29) is 0 Å². The molecule has 1 aliphatic carbocycles.